The highest BCUT2D eigenvalue weighted by Crippen LogP contribution is 2.19. The van der Waals surface area contributed by atoms with Crippen LogP contribution in [0, 0.1) is 0 Å². The molecule has 0 aliphatic rings. The molecule has 0 fully saturated rings. The second-order valence-corrected chi connectivity index (χ2v) is 6.49. The van der Waals surface area contributed by atoms with Gasteiger partial charge in [-0.05, 0) is 54.1 Å². The standard InChI is InChI=1S/C21H23N5O4/c1-3-4-12-30-18-10-8-15(9-11-18)20-23-25-26(24-20)14-19(27)22-17-7-5-6-16(13-17)21(28)29-2/h5-11,13H,3-4,12,14H2,1-2H3,(H,22,27). The highest BCUT2D eigenvalue weighted by molar-refractivity contribution is 5.94. The number of ether oxygens (including phenoxy) is 2. The summed E-state index contributed by atoms with van der Waals surface area (Å²) in [7, 11) is 1.30. The first-order valence-electron chi connectivity index (χ1n) is 9.58. The third-order valence-corrected chi connectivity index (χ3v) is 4.18. The van der Waals surface area contributed by atoms with Crippen molar-refractivity contribution in [3.63, 3.8) is 0 Å². The predicted octanol–water partition coefficient (Wildman–Crippen LogP) is 2.94. The number of benzene rings is 2. The van der Waals surface area contributed by atoms with Crippen molar-refractivity contribution in [3.8, 4) is 17.1 Å². The molecule has 1 heterocycles. The Morgan fingerprint density at radius 2 is 1.93 bits per heavy atom. The quantitative estimate of drug-likeness (QED) is 0.427. The monoisotopic (exact) mass is 409 g/mol. The van der Waals surface area contributed by atoms with E-state index in [2.05, 4.69) is 32.4 Å². The van der Waals surface area contributed by atoms with Gasteiger partial charge >= 0.3 is 5.97 Å². The third-order valence-electron chi connectivity index (χ3n) is 4.18. The summed E-state index contributed by atoms with van der Waals surface area (Å²) in [4.78, 5) is 25.1. The molecule has 0 saturated heterocycles. The Balaban J connectivity index is 1.58. The van der Waals surface area contributed by atoms with Gasteiger partial charge in [0.1, 0.15) is 12.3 Å². The Hall–Kier alpha value is -3.75. The summed E-state index contributed by atoms with van der Waals surface area (Å²) in [5.41, 5.74) is 1.59. The first-order chi connectivity index (χ1) is 14.6. The molecule has 30 heavy (non-hydrogen) atoms. The maximum absolute atomic E-state index is 12.3. The highest BCUT2D eigenvalue weighted by Gasteiger charge is 2.11. The van der Waals surface area contributed by atoms with Crippen molar-refractivity contribution in [2.24, 2.45) is 0 Å². The minimum Gasteiger partial charge on any atom is -0.494 e. The molecule has 1 N–H and O–H groups in total. The second-order valence-electron chi connectivity index (χ2n) is 6.49. The Morgan fingerprint density at radius 3 is 2.67 bits per heavy atom. The molecule has 0 atom stereocenters. The largest absolute Gasteiger partial charge is 0.494 e. The molecule has 9 heteroatoms. The van der Waals surface area contributed by atoms with Crippen LogP contribution in [0.2, 0.25) is 0 Å². The lowest BCUT2D eigenvalue weighted by Gasteiger charge is -2.06. The van der Waals surface area contributed by atoms with Crippen molar-refractivity contribution >= 4 is 17.6 Å². The number of hydrogen-bond donors (Lipinski definition) is 1. The average molecular weight is 409 g/mol. The van der Waals surface area contributed by atoms with E-state index in [9.17, 15) is 9.59 Å². The third kappa shape index (κ3) is 5.63. The normalized spacial score (nSPS) is 10.5. The molecule has 3 rings (SSSR count). The molecule has 0 unspecified atom stereocenters. The Kier molecular flexibility index (Phi) is 7.09. The number of tetrazole rings is 1. The number of unbranched alkanes of at least 4 members (excludes halogenated alkanes) is 1. The number of amides is 1. The fourth-order valence-electron chi connectivity index (χ4n) is 2.63. The van der Waals surface area contributed by atoms with Gasteiger partial charge in [0.25, 0.3) is 0 Å². The van der Waals surface area contributed by atoms with Crippen LogP contribution in [0.1, 0.15) is 30.1 Å². The van der Waals surface area contributed by atoms with E-state index in [1.54, 1.807) is 18.2 Å². The maximum Gasteiger partial charge on any atom is 0.337 e. The van der Waals surface area contributed by atoms with Crippen molar-refractivity contribution < 1.29 is 19.1 Å². The molecular formula is C21H23N5O4. The van der Waals surface area contributed by atoms with E-state index in [0.717, 1.165) is 24.2 Å². The zero-order chi connectivity index (χ0) is 21.3. The molecule has 0 aliphatic carbocycles. The molecule has 9 nitrogen and oxygen atoms in total. The minimum absolute atomic E-state index is 0.117. The smallest absolute Gasteiger partial charge is 0.337 e. The van der Waals surface area contributed by atoms with E-state index in [0.29, 0.717) is 23.7 Å². The van der Waals surface area contributed by atoms with E-state index in [-0.39, 0.29) is 12.5 Å². The van der Waals surface area contributed by atoms with Gasteiger partial charge in [-0.3, -0.25) is 4.79 Å². The van der Waals surface area contributed by atoms with Gasteiger partial charge in [0.05, 0.1) is 19.3 Å². The molecule has 2 aromatic carbocycles. The number of hydrogen-bond acceptors (Lipinski definition) is 7. The summed E-state index contributed by atoms with van der Waals surface area (Å²) in [5.74, 6) is 0.375. The van der Waals surface area contributed by atoms with Crippen LogP contribution < -0.4 is 10.1 Å². The Morgan fingerprint density at radius 1 is 1.13 bits per heavy atom. The van der Waals surface area contributed by atoms with Crippen LogP contribution in [0.4, 0.5) is 5.69 Å². The number of rotatable bonds is 9. The Bertz CT molecular complexity index is 1000. The summed E-state index contributed by atoms with van der Waals surface area (Å²) in [6.45, 7) is 2.68. The summed E-state index contributed by atoms with van der Waals surface area (Å²) in [6, 6.07) is 13.9. The first kappa shape index (κ1) is 21.0. The molecule has 0 aliphatic heterocycles. The molecule has 0 bridgehead atoms. The van der Waals surface area contributed by atoms with Crippen LogP contribution in [0.15, 0.2) is 48.5 Å². The number of methoxy groups -OCH3 is 1. The lowest BCUT2D eigenvalue weighted by molar-refractivity contribution is -0.117. The molecule has 0 radical (unpaired) electrons. The summed E-state index contributed by atoms with van der Waals surface area (Å²) in [5, 5.41) is 14.9. The molecule has 1 aromatic heterocycles. The minimum atomic E-state index is -0.476. The number of carbonyl (C=O) groups is 2. The lowest BCUT2D eigenvalue weighted by atomic mass is 10.2. The van der Waals surface area contributed by atoms with Crippen LogP contribution in [-0.2, 0) is 16.1 Å². The summed E-state index contributed by atoms with van der Waals surface area (Å²) < 4.78 is 10.3. The van der Waals surface area contributed by atoms with Gasteiger partial charge in [-0.15, -0.1) is 10.2 Å². The highest BCUT2D eigenvalue weighted by atomic mass is 16.5. The van der Waals surface area contributed by atoms with Crippen molar-refractivity contribution in [1.29, 1.82) is 0 Å². The zero-order valence-corrected chi connectivity index (χ0v) is 16.9. The number of aromatic nitrogens is 4. The topological polar surface area (TPSA) is 108 Å². The second kappa shape index (κ2) is 10.1. The van der Waals surface area contributed by atoms with E-state index in [4.69, 9.17) is 4.74 Å². The van der Waals surface area contributed by atoms with Crippen LogP contribution in [-0.4, -0.2) is 45.8 Å². The molecule has 3 aromatic rings. The molecule has 156 valence electrons. The van der Waals surface area contributed by atoms with Crippen molar-refractivity contribution in [3.05, 3.63) is 54.1 Å². The van der Waals surface area contributed by atoms with Crippen LogP contribution in [0.3, 0.4) is 0 Å². The van der Waals surface area contributed by atoms with E-state index in [1.807, 2.05) is 24.3 Å². The van der Waals surface area contributed by atoms with Gasteiger partial charge in [0.2, 0.25) is 11.7 Å². The number of anilines is 1. The van der Waals surface area contributed by atoms with Crippen LogP contribution in [0.25, 0.3) is 11.4 Å². The zero-order valence-electron chi connectivity index (χ0n) is 16.9. The molecule has 0 spiro atoms. The van der Waals surface area contributed by atoms with Crippen LogP contribution >= 0.6 is 0 Å². The number of nitrogens with one attached hydrogen (secondary N) is 1. The van der Waals surface area contributed by atoms with E-state index in [1.165, 1.54) is 18.0 Å². The number of carbonyl (C=O) groups excluding carboxylic acids is 2. The Labute approximate surface area is 174 Å². The fourth-order valence-corrected chi connectivity index (χ4v) is 2.63. The summed E-state index contributed by atoms with van der Waals surface area (Å²) >= 11 is 0. The van der Waals surface area contributed by atoms with Gasteiger partial charge in [0, 0.05) is 11.3 Å². The van der Waals surface area contributed by atoms with Gasteiger partial charge in [-0.2, -0.15) is 4.80 Å². The molecule has 0 saturated carbocycles. The number of esters is 1. The fraction of sp³-hybridized carbons (Fsp3) is 0.286. The van der Waals surface area contributed by atoms with E-state index >= 15 is 0 Å². The van der Waals surface area contributed by atoms with Gasteiger partial charge in [0.15, 0.2) is 0 Å². The number of nitrogens with zero attached hydrogens (tertiary/aromatic N) is 4. The van der Waals surface area contributed by atoms with Gasteiger partial charge in [-0.1, -0.05) is 19.4 Å². The molecular weight excluding hydrogens is 386 g/mol. The van der Waals surface area contributed by atoms with Crippen molar-refractivity contribution in [1.82, 2.24) is 20.2 Å². The predicted molar refractivity (Wildman–Crippen MR) is 110 cm³/mol. The van der Waals surface area contributed by atoms with Gasteiger partial charge in [-0.25, -0.2) is 4.79 Å². The van der Waals surface area contributed by atoms with Gasteiger partial charge < -0.3 is 14.8 Å². The van der Waals surface area contributed by atoms with Crippen molar-refractivity contribution in [2.45, 2.75) is 26.3 Å². The first-order valence-corrected chi connectivity index (χ1v) is 9.58. The molecule has 1 amide bonds. The maximum atomic E-state index is 12.3. The van der Waals surface area contributed by atoms with Crippen LogP contribution in [0.5, 0.6) is 5.75 Å². The SMILES string of the molecule is CCCCOc1ccc(-c2nnn(CC(=O)Nc3cccc(C(=O)OC)c3)n2)cc1. The van der Waals surface area contributed by atoms with E-state index < -0.39 is 5.97 Å². The lowest BCUT2D eigenvalue weighted by Crippen LogP contribution is -2.20. The van der Waals surface area contributed by atoms with Crippen molar-refractivity contribution in [2.75, 3.05) is 19.0 Å². The summed E-state index contributed by atoms with van der Waals surface area (Å²) in [6.07, 6.45) is 2.09. The average Bonchev–Trinajstić information content (AvgIpc) is 3.22.